The topological polar surface area (TPSA) is 35.2 Å². The van der Waals surface area contributed by atoms with E-state index in [1.54, 1.807) is 0 Å². The van der Waals surface area contributed by atoms with Crippen LogP contribution < -0.4 is 5.73 Å². The lowest BCUT2D eigenvalue weighted by atomic mass is 9.82. The molecule has 0 aromatic rings. The average Bonchev–Trinajstić information content (AvgIpc) is 2.19. The number of rotatable bonds is 4. The smallest absolute Gasteiger partial charge is 0.128 e. The lowest BCUT2D eigenvalue weighted by molar-refractivity contribution is -0.0291. The van der Waals surface area contributed by atoms with Crippen LogP contribution in [0.2, 0.25) is 0 Å². The van der Waals surface area contributed by atoms with Gasteiger partial charge in [-0.1, -0.05) is 13.3 Å². The van der Waals surface area contributed by atoms with Gasteiger partial charge in [0, 0.05) is 19.1 Å². The zero-order valence-electron chi connectivity index (χ0n) is 8.39. The normalized spacial score (nSPS) is 28.4. The van der Waals surface area contributed by atoms with Gasteiger partial charge in [-0.2, -0.15) is 0 Å². The van der Waals surface area contributed by atoms with Crippen molar-refractivity contribution in [3.05, 3.63) is 0 Å². The molecule has 1 fully saturated rings. The van der Waals surface area contributed by atoms with Gasteiger partial charge < -0.3 is 10.5 Å². The fourth-order valence-electron chi connectivity index (χ4n) is 2.04. The Balaban J connectivity index is 2.51. The van der Waals surface area contributed by atoms with Crippen LogP contribution in [0.1, 0.15) is 32.6 Å². The Bertz CT molecular complexity index is 148. The predicted molar refractivity (Wildman–Crippen MR) is 51.3 cm³/mol. The van der Waals surface area contributed by atoms with Crippen LogP contribution in [0, 0.1) is 5.92 Å². The van der Waals surface area contributed by atoms with E-state index in [0.29, 0.717) is 13.0 Å². The molecule has 1 heterocycles. The summed E-state index contributed by atoms with van der Waals surface area (Å²) in [5.41, 5.74) is 4.31. The standard InChI is InChI=1S/C10H20FNO/c1-2-5-10(11,8-12)9-4-3-6-13-7-9/h9H,2-8,12H2,1H3. The third-order valence-electron chi connectivity index (χ3n) is 2.90. The molecule has 0 spiro atoms. The molecule has 2 nitrogen and oxygen atoms in total. The molecule has 0 aliphatic carbocycles. The number of ether oxygens (including phenoxy) is 1. The molecule has 2 atom stereocenters. The highest BCUT2D eigenvalue weighted by atomic mass is 19.1. The number of alkyl halides is 1. The van der Waals surface area contributed by atoms with Gasteiger partial charge >= 0.3 is 0 Å². The van der Waals surface area contributed by atoms with Crippen LogP contribution in [0.4, 0.5) is 4.39 Å². The number of nitrogens with two attached hydrogens (primary N) is 1. The van der Waals surface area contributed by atoms with E-state index in [2.05, 4.69) is 0 Å². The monoisotopic (exact) mass is 189 g/mol. The predicted octanol–water partition coefficient (Wildman–Crippen LogP) is 1.88. The molecule has 1 saturated heterocycles. The van der Waals surface area contributed by atoms with Gasteiger partial charge in [0.2, 0.25) is 0 Å². The molecule has 2 N–H and O–H groups in total. The molecule has 0 radical (unpaired) electrons. The summed E-state index contributed by atoms with van der Waals surface area (Å²) in [6.45, 7) is 3.46. The van der Waals surface area contributed by atoms with E-state index in [0.717, 1.165) is 25.9 Å². The van der Waals surface area contributed by atoms with Gasteiger partial charge in [0.05, 0.1) is 6.61 Å². The van der Waals surface area contributed by atoms with Crippen LogP contribution in [-0.4, -0.2) is 25.4 Å². The van der Waals surface area contributed by atoms with Gasteiger partial charge in [0.15, 0.2) is 0 Å². The average molecular weight is 189 g/mol. The van der Waals surface area contributed by atoms with Gasteiger partial charge in [-0.25, -0.2) is 4.39 Å². The zero-order chi connectivity index (χ0) is 9.73. The van der Waals surface area contributed by atoms with E-state index in [4.69, 9.17) is 10.5 Å². The van der Waals surface area contributed by atoms with Crippen molar-refractivity contribution in [1.82, 2.24) is 0 Å². The minimum absolute atomic E-state index is 0.0196. The first-order chi connectivity index (χ1) is 6.23. The van der Waals surface area contributed by atoms with Crippen LogP contribution in [0.15, 0.2) is 0 Å². The first-order valence-electron chi connectivity index (χ1n) is 5.19. The summed E-state index contributed by atoms with van der Waals surface area (Å²) >= 11 is 0. The molecule has 13 heavy (non-hydrogen) atoms. The Kier molecular flexibility index (Phi) is 4.13. The van der Waals surface area contributed by atoms with E-state index in [1.165, 1.54) is 0 Å². The minimum atomic E-state index is -1.19. The molecule has 2 unspecified atom stereocenters. The van der Waals surface area contributed by atoms with E-state index in [1.807, 2.05) is 6.92 Å². The van der Waals surface area contributed by atoms with E-state index in [-0.39, 0.29) is 12.5 Å². The molecule has 0 aromatic carbocycles. The lowest BCUT2D eigenvalue weighted by Gasteiger charge is -2.35. The molecular formula is C10H20FNO. The Morgan fingerprint density at radius 2 is 2.38 bits per heavy atom. The van der Waals surface area contributed by atoms with Gasteiger partial charge in [0.1, 0.15) is 5.67 Å². The van der Waals surface area contributed by atoms with Crippen molar-refractivity contribution >= 4 is 0 Å². The fraction of sp³-hybridized carbons (Fsp3) is 1.00. The molecule has 0 amide bonds. The van der Waals surface area contributed by atoms with Crippen LogP contribution in [0.25, 0.3) is 0 Å². The van der Waals surface area contributed by atoms with Crippen molar-refractivity contribution in [2.45, 2.75) is 38.3 Å². The fourth-order valence-corrected chi connectivity index (χ4v) is 2.04. The first kappa shape index (κ1) is 10.9. The van der Waals surface area contributed by atoms with Gasteiger partial charge in [-0.05, 0) is 19.3 Å². The lowest BCUT2D eigenvalue weighted by Crippen LogP contribution is -2.44. The second kappa shape index (κ2) is 4.91. The summed E-state index contributed by atoms with van der Waals surface area (Å²) < 4.78 is 19.5. The Hall–Kier alpha value is -0.150. The third kappa shape index (κ3) is 2.64. The molecule has 0 saturated carbocycles. The molecule has 0 aromatic heterocycles. The highest BCUT2D eigenvalue weighted by molar-refractivity contribution is 4.88. The number of hydrogen-bond acceptors (Lipinski definition) is 2. The maximum atomic E-state index is 14.2. The van der Waals surface area contributed by atoms with Crippen molar-refractivity contribution in [3.63, 3.8) is 0 Å². The van der Waals surface area contributed by atoms with Gasteiger partial charge in [-0.15, -0.1) is 0 Å². The van der Waals surface area contributed by atoms with Crippen molar-refractivity contribution in [2.24, 2.45) is 11.7 Å². The van der Waals surface area contributed by atoms with Crippen molar-refractivity contribution < 1.29 is 9.13 Å². The van der Waals surface area contributed by atoms with E-state index < -0.39 is 5.67 Å². The van der Waals surface area contributed by atoms with Gasteiger partial charge in [-0.3, -0.25) is 0 Å². The maximum Gasteiger partial charge on any atom is 0.128 e. The van der Waals surface area contributed by atoms with E-state index in [9.17, 15) is 4.39 Å². The zero-order valence-corrected chi connectivity index (χ0v) is 8.39. The SMILES string of the molecule is CCCC(F)(CN)C1CCCOC1. The Morgan fingerprint density at radius 3 is 2.85 bits per heavy atom. The van der Waals surface area contributed by atoms with Crippen LogP contribution >= 0.6 is 0 Å². The Morgan fingerprint density at radius 1 is 1.62 bits per heavy atom. The molecule has 78 valence electrons. The van der Waals surface area contributed by atoms with Crippen LogP contribution in [-0.2, 0) is 4.74 Å². The minimum Gasteiger partial charge on any atom is -0.381 e. The summed E-state index contributed by atoms with van der Waals surface area (Å²) in [4.78, 5) is 0. The molecule has 1 rings (SSSR count). The number of halogens is 1. The summed E-state index contributed by atoms with van der Waals surface area (Å²) in [5.74, 6) is 0.0196. The molecule has 0 bridgehead atoms. The molecular weight excluding hydrogens is 169 g/mol. The van der Waals surface area contributed by atoms with Crippen molar-refractivity contribution in [1.29, 1.82) is 0 Å². The summed E-state index contributed by atoms with van der Waals surface area (Å²) in [7, 11) is 0. The summed E-state index contributed by atoms with van der Waals surface area (Å²) in [5, 5.41) is 0. The quantitative estimate of drug-likeness (QED) is 0.733. The van der Waals surface area contributed by atoms with E-state index >= 15 is 0 Å². The van der Waals surface area contributed by atoms with Crippen LogP contribution in [0.3, 0.4) is 0 Å². The van der Waals surface area contributed by atoms with Crippen molar-refractivity contribution in [2.75, 3.05) is 19.8 Å². The second-order valence-corrected chi connectivity index (χ2v) is 3.90. The number of hydrogen-bond donors (Lipinski definition) is 1. The molecule has 3 heteroatoms. The highest BCUT2D eigenvalue weighted by Crippen LogP contribution is 2.32. The first-order valence-corrected chi connectivity index (χ1v) is 5.19. The molecule has 1 aliphatic heterocycles. The Labute approximate surface area is 79.6 Å². The van der Waals surface area contributed by atoms with Crippen LogP contribution in [0.5, 0.6) is 0 Å². The largest absolute Gasteiger partial charge is 0.381 e. The summed E-state index contributed by atoms with van der Waals surface area (Å²) in [6, 6.07) is 0. The van der Waals surface area contributed by atoms with Gasteiger partial charge in [0.25, 0.3) is 0 Å². The highest BCUT2D eigenvalue weighted by Gasteiger charge is 2.37. The molecule has 1 aliphatic rings. The summed E-state index contributed by atoms with van der Waals surface area (Å²) in [6.07, 6.45) is 3.31. The van der Waals surface area contributed by atoms with Crippen molar-refractivity contribution in [3.8, 4) is 0 Å². The second-order valence-electron chi connectivity index (χ2n) is 3.90. The third-order valence-corrected chi connectivity index (χ3v) is 2.90. The maximum absolute atomic E-state index is 14.2.